The summed E-state index contributed by atoms with van der Waals surface area (Å²) in [7, 11) is 1.36. The lowest BCUT2D eigenvalue weighted by atomic mass is 10.2. The number of alkyl halides is 3. The monoisotopic (exact) mass is 265 g/mol. The van der Waals surface area contributed by atoms with Crippen molar-refractivity contribution < 1.29 is 27.8 Å². The van der Waals surface area contributed by atoms with Crippen molar-refractivity contribution in [3.05, 3.63) is 23.8 Å². The summed E-state index contributed by atoms with van der Waals surface area (Å²) >= 11 is 0. The third-order valence-electron chi connectivity index (χ3n) is 2.24. The first-order valence-electron chi connectivity index (χ1n) is 5.13. The van der Waals surface area contributed by atoms with E-state index in [1.54, 1.807) is 12.1 Å². The Morgan fingerprint density at radius 1 is 1.33 bits per heavy atom. The zero-order valence-electron chi connectivity index (χ0n) is 9.70. The molecule has 3 N–H and O–H groups in total. The van der Waals surface area contributed by atoms with Crippen LogP contribution in [0.3, 0.4) is 0 Å². The lowest BCUT2D eigenvalue weighted by Gasteiger charge is -2.17. The molecule has 1 aromatic rings. The average molecular weight is 265 g/mol. The number of nitrogens with two attached hydrogens (primary N) is 1. The van der Waals surface area contributed by atoms with Crippen LogP contribution in [0.1, 0.15) is 5.56 Å². The van der Waals surface area contributed by atoms with E-state index in [9.17, 15) is 13.2 Å². The molecule has 1 unspecified atom stereocenters. The number of hydrogen-bond donors (Lipinski definition) is 2. The van der Waals surface area contributed by atoms with Gasteiger partial charge in [0, 0.05) is 6.54 Å². The molecular formula is C11H14F3NO3. The minimum absolute atomic E-state index is 0.123. The van der Waals surface area contributed by atoms with E-state index in [2.05, 4.69) is 0 Å². The number of aliphatic hydroxyl groups is 1. The summed E-state index contributed by atoms with van der Waals surface area (Å²) in [4.78, 5) is 0. The number of benzene rings is 1. The molecule has 0 spiro atoms. The summed E-state index contributed by atoms with van der Waals surface area (Å²) in [5.41, 5.74) is 6.18. The van der Waals surface area contributed by atoms with Crippen molar-refractivity contribution in [1.82, 2.24) is 0 Å². The van der Waals surface area contributed by atoms with Gasteiger partial charge < -0.3 is 20.3 Å². The molecule has 18 heavy (non-hydrogen) atoms. The number of rotatable bonds is 5. The molecule has 0 fully saturated rings. The second-order valence-electron chi connectivity index (χ2n) is 3.56. The first kappa shape index (κ1) is 14.6. The van der Waals surface area contributed by atoms with Gasteiger partial charge in [-0.25, -0.2) is 0 Å². The molecular weight excluding hydrogens is 251 g/mol. The normalized spacial score (nSPS) is 13.2. The van der Waals surface area contributed by atoms with Gasteiger partial charge in [-0.2, -0.15) is 13.2 Å². The molecule has 1 aromatic carbocycles. The maximum Gasteiger partial charge on any atom is 0.417 e. The van der Waals surface area contributed by atoms with E-state index in [0.717, 1.165) is 5.56 Å². The molecule has 0 saturated heterocycles. The predicted octanol–water partition coefficient (Wildman–Crippen LogP) is 1.46. The summed E-state index contributed by atoms with van der Waals surface area (Å²) < 4.78 is 46.1. The minimum Gasteiger partial charge on any atom is -0.493 e. The average Bonchev–Trinajstić information content (AvgIpc) is 2.34. The molecule has 0 aliphatic heterocycles. The Kier molecular flexibility index (Phi) is 4.80. The van der Waals surface area contributed by atoms with Crippen molar-refractivity contribution in [2.75, 3.05) is 13.7 Å². The summed E-state index contributed by atoms with van der Waals surface area (Å²) in [6, 6.07) is 4.62. The summed E-state index contributed by atoms with van der Waals surface area (Å²) in [6.45, 7) is -0.607. The van der Waals surface area contributed by atoms with Gasteiger partial charge in [-0.1, -0.05) is 6.07 Å². The second kappa shape index (κ2) is 5.92. The summed E-state index contributed by atoms with van der Waals surface area (Å²) in [5.74, 6) is 0.394. The van der Waals surface area contributed by atoms with E-state index in [1.807, 2.05) is 0 Å². The fraction of sp³-hybridized carbons (Fsp3) is 0.455. The molecule has 0 aliphatic carbocycles. The zero-order valence-corrected chi connectivity index (χ0v) is 9.70. The molecule has 1 atom stereocenters. The van der Waals surface area contributed by atoms with Gasteiger partial charge in [0.15, 0.2) is 17.6 Å². The molecule has 7 heteroatoms. The van der Waals surface area contributed by atoms with Gasteiger partial charge in [-0.05, 0) is 17.7 Å². The molecule has 4 nitrogen and oxygen atoms in total. The highest BCUT2D eigenvalue weighted by molar-refractivity contribution is 5.42. The van der Waals surface area contributed by atoms with Gasteiger partial charge >= 0.3 is 6.18 Å². The first-order chi connectivity index (χ1) is 8.38. The van der Waals surface area contributed by atoms with Gasteiger partial charge in [-0.3, -0.25) is 0 Å². The molecule has 102 valence electrons. The highest BCUT2D eigenvalue weighted by atomic mass is 19.4. The van der Waals surface area contributed by atoms with Crippen LogP contribution >= 0.6 is 0 Å². The Hall–Kier alpha value is -1.47. The lowest BCUT2D eigenvalue weighted by Crippen LogP contribution is -2.34. The Bertz CT molecular complexity index is 396. The van der Waals surface area contributed by atoms with Crippen LogP contribution in [-0.4, -0.2) is 31.1 Å². The van der Waals surface area contributed by atoms with Crippen LogP contribution in [0.4, 0.5) is 13.2 Å². The van der Waals surface area contributed by atoms with Crippen LogP contribution in [0.25, 0.3) is 0 Å². The SMILES string of the molecule is COc1cc(CN)ccc1OCC(O)C(F)(F)F. The van der Waals surface area contributed by atoms with Crippen LogP contribution < -0.4 is 15.2 Å². The number of methoxy groups -OCH3 is 1. The molecule has 0 saturated carbocycles. The standard InChI is InChI=1S/C11H14F3NO3/c1-17-9-4-7(5-15)2-3-8(9)18-6-10(16)11(12,13)14/h2-4,10,16H,5-6,15H2,1H3. The molecule has 0 aromatic heterocycles. The molecule has 0 aliphatic rings. The van der Waals surface area contributed by atoms with Gasteiger partial charge in [0.05, 0.1) is 7.11 Å². The smallest absolute Gasteiger partial charge is 0.417 e. The van der Waals surface area contributed by atoms with Crippen molar-refractivity contribution in [3.63, 3.8) is 0 Å². The van der Waals surface area contributed by atoms with E-state index in [1.165, 1.54) is 13.2 Å². The fourth-order valence-electron chi connectivity index (χ4n) is 1.22. The maximum absolute atomic E-state index is 12.1. The predicted molar refractivity (Wildman–Crippen MR) is 58.4 cm³/mol. The number of aliphatic hydroxyl groups excluding tert-OH is 1. The first-order valence-corrected chi connectivity index (χ1v) is 5.13. The Labute approximate surface area is 102 Å². The number of hydrogen-bond acceptors (Lipinski definition) is 4. The van der Waals surface area contributed by atoms with Crippen molar-refractivity contribution in [3.8, 4) is 11.5 Å². The van der Waals surface area contributed by atoms with E-state index >= 15 is 0 Å². The lowest BCUT2D eigenvalue weighted by molar-refractivity contribution is -0.210. The third kappa shape index (κ3) is 3.78. The highest BCUT2D eigenvalue weighted by Gasteiger charge is 2.38. The fourth-order valence-corrected chi connectivity index (χ4v) is 1.22. The van der Waals surface area contributed by atoms with Gasteiger partial charge in [-0.15, -0.1) is 0 Å². The topological polar surface area (TPSA) is 64.7 Å². The van der Waals surface area contributed by atoms with E-state index in [4.69, 9.17) is 20.3 Å². The zero-order chi connectivity index (χ0) is 13.8. The van der Waals surface area contributed by atoms with Crippen molar-refractivity contribution in [1.29, 1.82) is 0 Å². The molecule has 0 radical (unpaired) electrons. The second-order valence-corrected chi connectivity index (χ2v) is 3.56. The molecule has 0 heterocycles. The summed E-state index contributed by atoms with van der Waals surface area (Å²) in [5, 5.41) is 8.80. The van der Waals surface area contributed by atoms with Crippen LogP contribution in [-0.2, 0) is 6.54 Å². The molecule has 0 amide bonds. The van der Waals surface area contributed by atoms with Gasteiger partial charge in [0.2, 0.25) is 0 Å². The number of ether oxygens (including phenoxy) is 2. The van der Waals surface area contributed by atoms with Crippen LogP contribution in [0.15, 0.2) is 18.2 Å². The quantitative estimate of drug-likeness (QED) is 0.846. The van der Waals surface area contributed by atoms with Crippen LogP contribution in [0.5, 0.6) is 11.5 Å². The molecule has 1 rings (SSSR count). The maximum atomic E-state index is 12.1. The van der Waals surface area contributed by atoms with Crippen LogP contribution in [0.2, 0.25) is 0 Å². The molecule has 0 bridgehead atoms. The Balaban J connectivity index is 2.73. The number of halogens is 3. The van der Waals surface area contributed by atoms with Crippen molar-refractivity contribution in [2.45, 2.75) is 18.8 Å². The Morgan fingerprint density at radius 2 is 2.00 bits per heavy atom. The van der Waals surface area contributed by atoms with Crippen molar-refractivity contribution >= 4 is 0 Å². The largest absolute Gasteiger partial charge is 0.493 e. The summed E-state index contributed by atoms with van der Waals surface area (Å²) in [6.07, 6.45) is -7.24. The van der Waals surface area contributed by atoms with E-state index in [-0.39, 0.29) is 18.0 Å². The van der Waals surface area contributed by atoms with Gasteiger partial charge in [0.25, 0.3) is 0 Å². The van der Waals surface area contributed by atoms with Gasteiger partial charge in [0.1, 0.15) is 6.61 Å². The van der Waals surface area contributed by atoms with Crippen LogP contribution in [0, 0.1) is 0 Å². The minimum atomic E-state index is -4.70. The highest BCUT2D eigenvalue weighted by Crippen LogP contribution is 2.29. The Morgan fingerprint density at radius 3 is 2.50 bits per heavy atom. The third-order valence-corrected chi connectivity index (χ3v) is 2.24. The van der Waals surface area contributed by atoms with Crippen molar-refractivity contribution in [2.24, 2.45) is 5.73 Å². The van der Waals surface area contributed by atoms with E-state index < -0.39 is 18.9 Å². The van der Waals surface area contributed by atoms with E-state index in [0.29, 0.717) is 0 Å².